The minimum absolute atomic E-state index is 0.810. The highest BCUT2D eigenvalue weighted by Gasteiger charge is 2.03. The number of halogens is 1. The summed E-state index contributed by atoms with van der Waals surface area (Å²) in [5, 5.41) is 0.810. The molecule has 0 bridgehead atoms. The summed E-state index contributed by atoms with van der Waals surface area (Å²) in [5.74, 6) is 0. The number of benzene rings is 2. The Labute approximate surface area is 159 Å². The Balaban J connectivity index is 0.000000483. The highest BCUT2D eigenvalue weighted by Crippen LogP contribution is 2.21. The Kier molecular flexibility index (Phi) is 12.4. The van der Waals surface area contributed by atoms with Gasteiger partial charge in [0.2, 0.25) is 0 Å². The molecular weight excluding hydrogens is 326 g/mol. The maximum absolute atomic E-state index is 5.64. The molecule has 2 heteroatoms. The van der Waals surface area contributed by atoms with Crippen LogP contribution in [0.3, 0.4) is 0 Å². The minimum atomic E-state index is 0.810. The van der Waals surface area contributed by atoms with Crippen molar-refractivity contribution in [1.82, 2.24) is 0 Å². The molecule has 0 heterocycles. The molecule has 0 aliphatic heterocycles. The van der Waals surface area contributed by atoms with Crippen LogP contribution in [0.15, 0.2) is 59.6 Å². The van der Waals surface area contributed by atoms with E-state index in [9.17, 15) is 0 Å². The maximum atomic E-state index is 5.64. The number of hydrogen-bond donors (Lipinski definition) is 0. The summed E-state index contributed by atoms with van der Waals surface area (Å²) in [7, 11) is 0. The summed E-state index contributed by atoms with van der Waals surface area (Å²) in [5.41, 5.74) is 5.98. The SMILES string of the molecule is C/C=C(\N=C(C)C)c1ccccc1CC.CC.Cc1cccc(Cl)c1. The molecular formula is C23H32ClN. The molecule has 0 amide bonds. The van der Waals surface area contributed by atoms with E-state index in [0.29, 0.717) is 0 Å². The lowest BCUT2D eigenvalue weighted by molar-refractivity contribution is 1.12. The Morgan fingerprint density at radius 1 is 1.04 bits per heavy atom. The highest BCUT2D eigenvalue weighted by molar-refractivity contribution is 6.30. The number of hydrogen-bond acceptors (Lipinski definition) is 1. The topological polar surface area (TPSA) is 12.4 Å². The quantitative estimate of drug-likeness (QED) is 0.497. The van der Waals surface area contributed by atoms with Crippen LogP contribution in [-0.2, 0) is 6.42 Å². The molecule has 0 saturated heterocycles. The van der Waals surface area contributed by atoms with Gasteiger partial charge in [-0.3, -0.25) is 4.99 Å². The number of aryl methyl sites for hydroxylation is 2. The van der Waals surface area contributed by atoms with Gasteiger partial charge in [-0.25, -0.2) is 0 Å². The van der Waals surface area contributed by atoms with Crippen molar-refractivity contribution in [1.29, 1.82) is 0 Å². The second kappa shape index (κ2) is 13.4. The zero-order valence-electron chi connectivity index (χ0n) is 16.7. The second-order valence-corrected chi connectivity index (χ2v) is 5.98. The van der Waals surface area contributed by atoms with Crippen LogP contribution >= 0.6 is 11.6 Å². The van der Waals surface area contributed by atoms with E-state index in [-0.39, 0.29) is 0 Å². The Hall–Kier alpha value is -1.86. The predicted molar refractivity (Wildman–Crippen MR) is 116 cm³/mol. The third kappa shape index (κ3) is 9.26. The van der Waals surface area contributed by atoms with Crippen LogP contribution in [0.4, 0.5) is 0 Å². The molecule has 25 heavy (non-hydrogen) atoms. The first-order chi connectivity index (χ1) is 12.0. The number of nitrogens with zero attached hydrogens (tertiary/aromatic N) is 1. The first-order valence-corrected chi connectivity index (χ1v) is 9.34. The predicted octanol–water partition coefficient (Wildman–Crippen LogP) is 7.77. The van der Waals surface area contributed by atoms with Gasteiger partial charge >= 0.3 is 0 Å². The molecule has 0 aliphatic rings. The molecule has 0 aromatic heterocycles. The van der Waals surface area contributed by atoms with Gasteiger partial charge in [-0.15, -0.1) is 0 Å². The monoisotopic (exact) mass is 357 g/mol. The summed E-state index contributed by atoms with van der Waals surface area (Å²) in [4.78, 5) is 4.55. The number of allylic oxidation sites excluding steroid dienone is 1. The average molecular weight is 358 g/mol. The molecule has 0 spiro atoms. The Morgan fingerprint density at radius 2 is 1.68 bits per heavy atom. The first-order valence-electron chi connectivity index (χ1n) is 8.96. The van der Waals surface area contributed by atoms with Crippen molar-refractivity contribution in [3.8, 4) is 0 Å². The van der Waals surface area contributed by atoms with Crippen LogP contribution in [0, 0.1) is 6.92 Å². The van der Waals surface area contributed by atoms with Gasteiger partial charge in [0.15, 0.2) is 0 Å². The van der Waals surface area contributed by atoms with E-state index in [1.807, 2.05) is 65.8 Å². The molecule has 0 N–H and O–H groups in total. The fourth-order valence-corrected chi connectivity index (χ4v) is 2.45. The summed E-state index contributed by atoms with van der Waals surface area (Å²) in [6.45, 7) is 14.3. The van der Waals surface area contributed by atoms with Gasteiger partial charge in [0.25, 0.3) is 0 Å². The second-order valence-electron chi connectivity index (χ2n) is 5.54. The van der Waals surface area contributed by atoms with Crippen LogP contribution < -0.4 is 0 Å². The lowest BCUT2D eigenvalue weighted by atomic mass is 10.0. The fraction of sp³-hybridized carbons (Fsp3) is 0.348. The van der Waals surface area contributed by atoms with Gasteiger partial charge in [0.1, 0.15) is 0 Å². The van der Waals surface area contributed by atoms with E-state index < -0.39 is 0 Å². The zero-order valence-corrected chi connectivity index (χ0v) is 17.5. The largest absolute Gasteiger partial charge is 0.258 e. The molecule has 2 aromatic carbocycles. The third-order valence-electron chi connectivity index (χ3n) is 3.27. The van der Waals surface area contributed by atoms with E-state index in [1.165, 1.54) is 16.7 Å². The van der Waals surface area contributed by atoms with Crippen molar-refractivity contribution in [2.75, 3.05) is 0 Å². The highest BCUT2D eigenvalue weighted by atomic mass is 35.5. The molecule has 2 rings (SSSR count). The van der Waals surface area contributed by atoms with Crippen molar-refractivity contribution < 1.29 is 0 Å². The van der Waals surface area contributed by atoms with Gasteiger partial charge in [-0.2, -0.15) is 0 Å². The van der Waals surface area contributed by atoms with E-state index >= 15 is 0 Å². The van der Waals surface area contributed by atoms with Crippen LogP contribution in [0.2, 0.25) is 5.02 Å². The zero-order chi connectivity index (χ0) is 19.2. The van der Waals surface area contributed by atoms with Crippen molar-refractivity contribution >= 4 is 23.0 Å². The van der Waals surface area contributed by atoms with Gasteiger partial charge in [-0.1, -0.05) is 74.8 Å². The molecule has 0 radical (unpaired) electrons. The molecule has 0 saturated carbocycles. The van der Waals surface area contributed by atoms with E-state index in [4.69, 9.17) is 11.6 Å². The molecule has 136 valence electrons. The van der Waals surface area contributed by atoms with Crippen molar-refractivity contribution in [2.45, 2.75) is 54.9 Å². The molecule has 0 unspecified atom stereocenters. The van der Waals surface area contributed by atoms with E-state index in [0.717, 1.165) is 22.9 Å². The fourth-order valence-electron chi connectivity index (χ4n) is 2.21. The standard InChI is InChI=1S/C14H19N.C7H7Cl.C2H6/c1-5-12-9-7-8-10-13(12)14(6-2)15-11(3)4;1-6-3-2-4-7(8)5-6;1-2/h6-10H,5H2,1-4H3;2-5H,1H3;1-2H3/b14-6-;;. The molecule has 0 aliphatic carbocycles. The molecule has 2 aromatic rings. The Bertz CT molecular complexity index is 663. The van der Waals surface area contributed by atoms with Crippen molar-refractivity contribution in [3.05, 3.63) is 76.3 Å². The summed E-state index contributed by atoms with van der Waals surface area (Å²) < 4.78 is 0. The lowest BCUT2D eigenvalue weighted by Gasteiger charge is -2.08. The van der Waals surface area contributed by atoms with Crippen LogP contribution in [0.5, 0.6) is 0 Å². The maximum Gasteiger partial charge on any atom is 0.0661 e. The minimum Gasteiger partial charge on any atom is -0.258 e. The number of aliphatic imine (C=N–C) groups is 1. The van der Waals surface area contributed by atoms with Crippen molar-refractivity contribution in [2.24, 2.45) is 4.99 Å². The first kappa shape index (κ1) is 23.1. The Morgan fingerprint density at radius 3 is 2.12 bits per heavy atom. The van der Waals surface area contributed by atoms with Gasteiger partial charge < -0.3 is 0 Å². The third-order valence-corrected chi connectivity index (χ3v) is 3.51. The van der Waals surface area contributed by atoms with Gasteiger partial charge in [-0.05, 0) is 57.4 Å². The van der Waals surface area contributed by atoms with Crippen LogP contribution in [0.25, 0.3) is 5.70 Å². The normalized spacial score (nSPS) is 10.0. The van der Waals surface area contributed by atoms with E-state index in [1.54, 1.807) is 0 Å². The van der Waals surface area contributed by atoms with Crippen LogP contribution in [-0.4, -0.2) is 5.71 Å². The average Bonchev–Trinajstić information content (AvgIpc) is 2.61. The smallest absolute Gasteiger partial charge is 0.0661 e. The summed E-state index contributed by atoms with van der Waals surface area (Å²) in [6, 6.07) is 16.2. The van der Waals surface area contributed by atoms with Gasteiger partial charge in [0, 0.05) is 16.3 Å². The van der Waals surface area contributed by atoms with E-state index in [2.05, 4.69) is 42.3 Å². The molecule has 0 fully saturated rings. The molecule has 0 atom stereocenters. The lowest BCUT2D eigenvalue weighted by Crippen LogP contribution is -1.92. The number of rotatable bonds is 3. The van der Waals surface area contributed by atoms with Gasteiger partial charge in [0.05, 0.1) is 5.70 Å². The van der Waals surface area contributed by atoms with Crippen molar-refractivity contribution in [3.63, 3.8) is 0 Å². The summed E-state index contributed by atoms with van der Waals surface area (Å²) >= 11 is 5.64. The van der Waals surface area contributed by atoms with Crippen LogP contribution in [0.1, 0.15) is 58.2 Å². The summed E-state index contributed by atoms with van der Waals surface area (Å²) in [6.07, 6.45) is 3.12. The molecule has 1 nitrogen and oxygen atoms in total.